The third-order valence-electron chi connectivity index (χ3n) is 22.8. The van der Waals surface area contributed by atoms with Crippen molar-refractivity contribution in [2.24, 2.45) is 0 Å². The van der Waals surface area contributed by atoms with Crippen LogP contribution in [-0.2, 0) is 0 Å². The molecule has 123 heavy (non-hydrogen) atoms. The Morgan fingerprint density at radius 3 is 0.854 bits per heavy atom. The van der Waals surface area contributed by atoms with Gasteiger partial charge in [-0.25, -0.2) is 0 Å². The van der Waals surface area contributed by atoms with Crippen LogP contribution in [0, 0.1) is 0 Å². The summed E-state index contributed by atoms with van der Waals surface area (Å²) < 4.78 is 12.9. The molecular weight excluding hydrogens is 1500 g/mol. The van der Waals surface area contributed by atoms with Crippen LogP contribution in [0.15, 0.2) is 500 Å². The van der Waals surface area contributed by atoms with Crippen LogP contribution in [0.2, 0.25) is 0 Å². The molecule has 0 aliphatic heterocycles. The molecule has 0 amide bonds. The molecule has 0 saturated heterocycles. The van der Waals surface area contributed by atoms with E-state index in [4.69, 9.17) is 8.83 Å². The summed E-state index contributed by atoms with van der Waals surface area (Å²) in [6.45, 7) is 0. The monoisotopic (exact) mass is 1590 g/mol. The quantitative estimate of drug-likeness (QED) is 0.0753. The summed E-state index contributed by atoms with van der Waals surface area (Å²) >= 11 is 0. The Hall–Kier alpha value is -16.0. The highest BCUT2D eigenvalue weighted by Gasteiger charge is 2.26. The Labute approximate surface area is 720 Å². The van der Waals surface area contributed by atoms with Gasteiger partial charge in [-0.15, -0.1) is 0 Å². The first-order chi connectivity index (χ1) is 60.0. The molecule has 21 rings (SSSR count). The Morgan fingerprint density at radius 1 is 0.203 bits per heavy atom. The first-order valence-electron chi connectivity index (χ1n) is 41.3. The first kappa shape index (κ1) is 78.2. The molecule has 7 heteroatoms. The van der Waals surface area contributed by atoms with Gasteiger partial charge in [0.2, 0.25) is 0 Å². The number of para-hydroxylation sites is 9. The van der Waals surface area contributed by atoms with Crippen molar-refractivity contribution in [3.8, 4) is 55.6 Å². The van der Waals surface area contributed by atoms with E-state index >= 15 is 0 Å². The van der Waals surface area contributed by atoms with Gasteiger partial charge in [0.1, 0.15) is 22.3 Å². The summed E-state index contributed by atoms with van der Waals surface area (Å²) in [5.41, 5.74) is 30.5. The molecule has 2 aromatic heterocycles. The van der Waals surface area contributed by atoms with Crippen LogP contribution in [0.3, 0.4) is 0 Å². The predicted octanol–water partition coefficient (Wildman–Crippen LogP) is 33.4. The maximum Gasteiger partial charge on any atom is 0.143 e. The minimum atomic E-state index is 0. The second kappa shape index (κ2) is 35.7. The number of benzene rings is 18. The zero-order valence-electron chi connectivity index (χ0n) is 66.5. The lowest BCUT2D eigenvalue weighted by Gasteiger charge is -2.35. The van der Waals surface area contributed by atoms with Crippen molar-refractivity contribution in [2.75, 3.05) is 24.5 Å². The smallest absolute Gasteiger partial charge is 0.143 e. The van der Waals surface area contributed by atoms with E-state index in [-0.39, 0.29) is 20.9 Å². The van der Waals surface area contributed by atoms with E-state index < -0.39 is 0 Å². The van der Waals surface area contributed by atoms with Gasteiger partial charge in [-0.05, 0) is 227 Å². The topological polar surface area (TPSA) is 42.5 Å². The second-order valence-electron chi connectivity index (χ2n) is 30.3. The molecule has 2 heterocycles. The second-order valence-corrected chi connectivity index (χ2v) is 30.3. The average Bonchev–Trinajstić information content (AvgIpc) is 1.64. The van der Waals surface area contributed by atoms with Crippen LogP contribution in [0.25, 0.3) is 99.5 Å². The number of rotatable bonds is 20. The molecule has 1 unspecified atom stereocenters. The van der Waals surface area contributed by atoms with E-state index in [1.165, 1.54) is 27.8 Å². The van der Waals surface area contributed by atoms with Crippen molar-refractivity contribution in [1.29, 1.82) is 0 Å². The maximum absolute atomic E-state index is 6.48. The fourth-order valence-corrected chi connectivity index (χ4v) is 17.0. The first-order valence-corrected chi connectivity index (χ1v) is 41.3. The predicted molar refractivity (Wildman–Crippen MR) is 521 cm³/mol. The van der Waals surface area contributed by atoms with Crippen molar-refractivity contribution >= 4 is 118 Å². The highest BCUT2D eigenvalue weighted by molar-refractivity contribution is 6.11. The Morgan fingerprint density at radius 2 is 0.463 bits per heavy atom. The third kappa shape index (κ3) is 16.2. The number of allylic oxidation sites excluding steroid dienone is 1. The van der Waals surface area contributed by atoms with Gasteiger partial charge in [0.05, 0.1) is 6.04 Å². The van der Waals surface area contributed by atoms with Crippen LogP contribution in [0.4, 0.5) is 73.9 Å². The molecule has 0 spiro atoms. The summed E-state index contributed by atoms with van der Waals surface area (Å²) in [5, 5.41) is 4.50. The standard InChI is InChI=1S/C60H48N4.C54H35NO2.2CH4/c1-7-19-47(20-8-1)48-31-33-54(34-32-48)64(59-43-37-56(38-44-59)62(51-25-13-4-14-26-51)52-27-15-5-16-28-52)60-45-41-58(42-46-60)63(53-29-17-6-18-30-53)57-39-35-55(36-40-57)61(49-21-9-2-10-22-49)50-23-11-3-12-24-50;1-2-11-36(12-3-1)37-23-25-38(26-24-37)39-27-31-42(32-28-39)55(43-33-29-40(30-34-43)45-17-9-19-49-47-15-4-6-21-51(47)56-53(45)49)44-14-8-13-41(35-44)46-18-10-20-50-48-16-5-7-22-52(48)57-54(46)50;;/h1-45,60H,46H2;1-35H;2*1H4. The lowest BCUT2D eigenvalue weighted by atomic mass is 9.99. The SMILES string of the molecule is C.C.C1=CC(N(c2ccc(-c3ccccc3)cc2)c2ccc(N(c3ccccc3)c3ccccc3)cc2)CC=C1N(c1ccccc1)c1ccc(N(c2ccccc2)c2ccccc2)cc1.c1ccc(-c2ccc(-c3ccc(N(c4ccc(-c5cccc6c5oc5ccccc56)cc4)c4cccc(-c5cccc6c5oc5ccccc56)c4)cc3)cc2)cc1. The molecule has 20 aromatic rings. The molecule has 592 valence electrons. The molecule has 1 atom stereocenters. The largest absolute Gasteiger partial charge is 0.455 e. The van der Waals surface area contributed by atoms with E-state index in [9.17, 15) is 0 Å². The summed E-state index contributed by atoms with van der Waals surface area (Å²) in [4.78, 5) is 11.8. The summed E-state index contributed by atoms with van der Waals surface area (Å²) in [6.07, 6.45) is 7.86. The van der Waals surface area contributed by atoms with Gasteiger partial charge in [0.15, 0.2) is 0 Å². The Kier molecular flexibility index (Phi) is 22.7. The minimum Gasteiger partial charge on any atom is -0.455 e. The lowest BCUT2D eigenvalue weighted by Crippen LogP contribution is -2.31. The molecule has 0 radical (unpaired) electrons. The molecule has 7 nitrogen and oxygen atoms in total. The van der Waals surface area contributed by atoms with Gasteiger partial charge in [-0.3, -0.25) is 0 Å². The van der Waals surface area contributed by atoms with Gasteiger partial charge in [-0.1, -0.05) is 324 Å². The Balaban J connectivity index is 0.000000166. The zero-order chi connectivity index (χ0) is 80.6. The van der Waals surface area contributed by atoms with E-state index in [0.717, 1.165) is 158 Å². The fourth-order valence-electron chi connectivity index (χ4n) is 17.0. The molecule has 1 aliphatic rings. The van der Waals surface area contributed by atoms with Crippen molar-refractivity contribution in [3.05, 3.63) is 491 Å². The lowest BCUT2D eigenvalue weighted by molar-refractivity contribution is 0.669. The summed E-state index contributed by atoms with van der Waals surface area (Å²) in [5.74, 6) is 0. The minimum absolute atomic E-state index is 0. The van der Waals surface area contributed by atoms with E-state index in [1.54, 1.807) is 0 Å². The summed E-state index contributed by atoms with van der Waals surface area (Å²) in [7, 11) is 0. The van der Waals surface area contributed by atoms with Crippen LogP contribution in [-0.4, -0.2) is 6.04 Å². The van der Waals surface area contributed by atoms with Crippen molar-refractivity contribution in [3.63, 3.8) is 0 Å². The molecular formula is C116H91N5O2. The van der Waals surface area contributed by atoms with E-state index in [2.05, 4.69) is 486 Å². The number of hydrogen-bond donors (Lipinski definition) is 0. The molecule has 0 bridgehead atoms. The van der Waals surface area contributed by atoms with E-state index in [1.807, 2.05) is 24.3 Å². The van der Waals surface area contributed by atoms with Crippen LogP contribution in [0.5, 0.6) is 0 Å². The van der Waals surface area contributed by atoms with Gasteiger partial charge < -0.3 is 33.3 Å². The Bertz CT molecular complexity index is 6910. The molecule has 0 N–H and O–H groups in total. The molecule has 1 aliphatic carbocycles. The zero-order valence-corrected chi connectivity index (χ0v) is 66.5. The summed E-state index contributed by atoms with van der Waals surface area (Å²) in [6, 6.07) is 166. The number of nitrogens with zero attached hydrogens (tertiary/aromatic N) is 5. The van der Waals surface area contributed by atoms with Crippen molar-refractivity contribution in [1.82, 2.24) is 0 Å². The van der Waals surface area contributed by atoms with Crippen LogP contribution in [0.1, 0.15) is 21.3 Å². The maximum atomic E-state index is 6.48. The highest BCUT2D eigenvalue weighted by atomic mass is 16.3. The number of hydrogen-bond acceptors (Lipinski definition) is 7. The van der Waals surface area contributed by atoms with Crippen LogP contribution < -0.4 is 24.5 Å². The molecule has 18 aromatic carbocycles. The van der Waals surface area contributed by atoms with Crippen molar-refractivity contribution in [2.45, 2.75) is 27.3 Å². The van der Waals surface area contributed by atoms with Gasteiger partial charge >= 0.3 is 0 Å². The number of anilines is 13. The van der Waals surface area contributed by atoms with Gasteiger partial charge in [0, 0.05) is 112 Å². The molecule has 0 fully saturated rings. The highest BCUT2D eigenvalue weighted by Crippen LogP contribution is 2.46. The normalized spacial score (nSPS) is 12.2. The van der Waals surface area contributed by atoms with Crippen LogP contribution >= 0.6 is 0 Å². The number of fused-ring (bicyclic) bond motifs is 6. The van der Waals surface area contributed by atoms with E-state index in [0.29, 0.717) is 0 Å². The third-order valence-corrected chi connectivity index (χ3v) is 22.8. The fraction of sp³-hybridized carbons (Fsp3) is 0.0345. The van der Waals surface area contributed by atoms with Crippen molar-refractivity contribution < 1.29 is 8.83 Å². The number of furan rings is 2. The molecule has 0 saturated carbocycles. The van der Waals surface area contributed by atoms with Gasteiger partial charge in [0.25, 0.3) is 0 Å². The van der Waals surface area contributed by atoms with Gasteiger partial charge in [-0.2, -0.15) is 0 Å². The average molecular weight is 1590 g/mol.